The van der Waals surface area contributed by atoms with Gasteiger partial charge in [-0.05, 0) is 29.8 Å². The van der Waals surface area contributed by atoms with Gasteiger partial charge in [0.15, 0.2) is 17.1 Å². The van der Waals surface area contributed by atoms with Crippen molar-refractivity contribution in [3.05, 3.63) is 41.9 Å². The van der Waals surface area contributed by atoms with Crippen LogP contribution in [0.5, 0.6) is 0 Å². The molecule has 0 unspecified atom stereocenters. The number of carbonyl (C=O) groups is 1. The number of primary amides is 1. The minimum Gasteiger partial charge on any atom is -0.463 e. The van der Waals surface area contributed by atoms with Gasteiger partial charge in [-0.25, -0.2) is 9.50 Å². The van der Waals surface area contributed by atoms with E-state index in [0.717, 1.165) is 10.6 Å². The molecular weight excluding hydrogens is 306 g/mol. The highest BCUT2D eigenvalue weighted by molar-refractivity contribution is 6.21. The quantitative estimate of drug-likeness (QED) is 0.752. The molecule has 0 aliphatic heterocycles. The number of amides is 1. The van der Waals surface area contributed by atoms with Gasteiger partial charge < -0.3 is 10.2 Å². The van der Waals surface area contributed by atoms with E-state index in [4.69, 9.17) is 21.8 Å². The largest absolute Gasteiger partial charge is 0.463 e. The minimum atomic E-state index is -3.70. The monoisotopic (exact) mass is 312 g/mol. The number of furan rings is 1. The Morgan fingerprint density at radius 2 is 2.19 bits per heavy atom. The molecule has 0 bridgehead atoms. The van der Waals surface area contributed by atoms with E-state index < -0.39 is 17.0 Å². The summed E-state index contributed by atoms with van der Waals surface area (Å²) in [6.45, 7) is 0. The zero-order valence-electron chi connectivity index (χ0n) is 10.3. The molecule has 2 N–H and O–H groups in total. The van der Waals surface area contributed by atoms with Crippen LogP contribution in [0.15, 0.2) is 34.9 Å². The summed E-state index contributed by atoms with van der Waals surface area (Å²) >= 11 is 5.09. The lowest BCUT2D eigenvalue weighted by atomic mass is 10.2. The fourth-order valence-corrected chi connectivity index (χ4v) is 1.98. The highest BCUT2D eigenvalue weighted by atomic mass is 35.5. The average molecular weight is 313 g/mol. The van der Waals surface area contributed by atoms with Crippen LogP contribution in [0.1, 0.15) is 16.2 Å². The van der Waals surface area contributed by atoms with E-state index in [2.05, 4.69) is 10.1 Å². The first-order chi connectivity index (χ1) is 9.86. The summed E-state index contributed by atoms with van der Waals surface area (Å²) in [6, 6.07) is 5.38. The summed E-state index contributed by atoms with van der Waals surface area (Å²) in [5.74, 6) is -0.578. The second-order valence-corrected chi connectivity index (χ2v) is 4.64. The third-order valence-corrected chi connectivity index (χ3v) is 2.94. The Bertz CT molecular complexity index is 824. The molecule has 0 aliphatic carbocycles. The lowest BCUT2D eigenvalue weighted by molar-refractivity contribution is 0.0868. The van der Waals surface area contributed by atoms with Gasteiger partial charge in [-0.3, -0.25) is 4.79 Å². The lowest BCUT2D eigenvalue weighted by Crippen LogP contribution is -2.15. The number of hydrogen-bond donors (Lipinski definition) is 1. The molecule has 21 heavy (non-hydrogen) atoms. The van der Waals surface area contributed by atoms with Gasteiger partial charge >= 0.3 is 5.38 Å². The Hall–Kier alpha value is -2.48. The van der Waals surface area contributed by atoms with Gasteiger partial charge in [0, 0.05) is 6.07 Å². The summed E-state index contributed by atoms with van der Waals surface area (Å²) < 4.78 is 33.0. The number of carbonyl (C=O) groups excluding carboxylic acids is 1. The molecule has 0 radical (unpaired) electrons. The summed E-state index contributed by atoms with van der Waals surface area (Å²) in [6.07, 6.45) is 1.38. The van der Waals surface area contributed by atoms with Crippen LogP contribution in [-0.2, 0) is 5.38 Å². The van der Waals surface area contributed by atoms with Crippen LogP contribution in [0.2, 0.25) is 0 Å². The number of fused-ring (bicyclic) bond motifs is 1. The number of nitrogens with zero attached hydrogens (tertiary/aromatic N) is 3. The molecule has 3 aromatic heterocycles. The summed E-state index contributed by atoms with van der Waals surface area (Å²) in [7, 11) is 0. The van der Waals surface area contributed by atoms with Gasteiger partial charge in [0.25, 0.3) is 5.91 Å². The van der Waals surface area contributed by atoms with Gasteiger partial charge in [-0.2, -0.15) is 13.9 Å². The van der Waals surface area contributed by atoms with Crippen molar-refractivity contribution < 1.29 is 18.0 Å². The predicted molar refractivity (Wildman–Crippen MR) is 69.0 cm³/mol. The molecule has 0 aromatic carbocycles. The highest BCUT2D eigenvalue weighted by Gasteiger charge is 2.33. The van der Waals surface area contributed by atoms with Crippen molar-refractivity contribution in [1.29, 1.82) is 0 Å². The molecule has 6 nitrogen and oxygen atoms in total. The number of halogens is 3. The van der Waals surface area contributed by atoms with Crippen LogP contribution in [-0.4, -0.2) is 20.5 Å². The van der Waals surface area contributed by atoms with E-state index in [1.54, 1.807) is 12.1 Å². The topological polar surface area (TPSA) is 86.4 Å². The smallest absolute Gasteiger partial charge is 0.364 e. The van der Waals surface area contributed by atoms with E-state index >= 15 is 0 Å². The normalized spacial score (nSPS) is 12.0. The van der Waals surface area contributed by atoms with Gasteiger partial charge in [0.1, 0.15) is 11.4 Å². The van der Waals surface area contributed by atoms with E-state index in [9.17, 15) is 13.6 Å². The fourth-order valence-electron chi connectivity index (χ4n) is 1.85. The average Bonchev–Trinajstić information content (AvgIpc) is 3.05. The third kappa shape index (κ3) is 2.33. The maximum Gasteiger partial charge on any atom is 0.364 e. The molecule has 0 atom stereocenters. The summed E-state index contributed by atoms with van der Waals surface area (Å²) in [5, 5.41) is -0.0192. The van der Waals surface area contributed by atoms with Crippen LogP contribution in [0.25, 0.3) is 17.1 Å². The van der Waals surface area contributed by atoms with Crippen LogP contribution < -0.4 is 5.73 Å². The molecular formula is C12H7ClF2N4O2. The SMILES string of the molecule is NC(=O)c1cc2nc(-c3ccco3)cc(C(F)(F)Cl)n2n1. The maximum atomic E-state index is 13.5. The number of aromatic nitrogens is 3. The van der Waals surface area contributed by atoms with Crippen LogP contribution in [0.4, 0.5) is 8.78 Å². The maximum absolute atomic E-state index is 13.5. The Morgan fingerprint density at radius 3 is 2.76 bits per heavy atom. The Kier molecular flexibility index (Phi) is 2.91. The fraction of sp³-hybridized carbons (Fsp3) is 0.0833. The van der Waals surface area contributed by atoms with Crippen molar-refractivity contribution in [3.8, 4) is 11.5 Å². The molecule has 3 heterocycles. The molecule has 0 saturated carbocycles. The standard InChI is InChI=1S/C12H7ClF2N4O2/c13-12(14,15)9-4-6(8-2-1-3-21-8)17-10-5-7(11(16)20)18-19(9)10/h1-5H,(H2,16,20). The van der Waals surface area contributed by atoms with Crippen molar-refractivity contribution in [2.45, 2.75) is 5.38 Å². The van der Waals surface area contributed by atoms with Crippen LogP contribution in [0.3, 0.4) is 0 Å². The second-order valence-electron chi connectivity index (χ2n) is 4.17. The third-order valence-electron chi connectivity index (χ3n) is 2.74. The summed E-state index contributed by atoms with van der Waals surface area (Å²) in [4.78, 5) is 15.2. The number of hydrogen-bond acceptors (Lipinski definition) is 4. The number of rotatable bonds is 3. The van der Waals surface area contributed by atoms with Crippen molar-refractivity contribution in [3.63, 3.8) is 0 Å². The number of nitrogens with two attached hydrogens (primary N) is 1. The van der Waals surface area contributed by atoms with Gasteiger partial charge in [0.05, 0.1) is 6.26 Å². The molecule has 0 aliphatic rings. The first-order valence-electron chi connectivity index (χ1n) is 5.68. The van der Waals surface area contributed by atoms with Crippen LogP contribution >= 0.6 is 11.6 Å². The van der Waals surface area contributed by atoms with E-state index in [1.807, 2.05) is 0 Å². The Balaban J connectivity index is 2.32. The molecule has 108 valence electrons. The molecule has 1 amide bonds. The molecule has 9 heteroatoms. The molecule has 0 saturated heterocycles. The highest BCUT2D eigenvalue weighted by Crippen LogP contribution is 2.34. The summed E-state index contributed by atoms with van der Waals surface area (Å²) in [5.41, 5.74) is 4.39. The second kappa shape index (κ2) is 4.52. The Labute approximate surface area is 121 Å². The van der Waals surface area contributed by atoms with Crippen molar-refractivity contribution in [1.82, 2.24) is 14.6 Å². The minimum absolute atomic E-state index is 0.00743. The molecule has 3 rings (SSSR count). The first-order valence-corrected chi connectivity index (χ1v) is 6.06. The van der Waals surface area contributed by atoms with Gasteiger partial charge in [-0.15, -0.1) is 0 Å². The zero-order valence-corrected chi connectivity index (χ0v) is 11.0. The molecule has 3 aromatic rings. The van der Waals surface area contributed by atoms with Crippen LogP contribution in [0, 0.1) is 0 Å². The van der Waals surface area contributed by atoms with E-state index in [-0.39, 0.29) is 22.8 Å². The van der Waals surface area contributed by atoms with Crippen molar-refractivity contribution >= 4 is 23.2 Å². The van der Waals surface area contributed by atoms with Gasteiger partial charge in [0.2, 0.25) is 0 Å². The zero-order chi connectivity index (χ0) is 15.2. The van der Waals surface area contributed by atoms with Gasteiger partial charge in [-0.1, -0.05) is 0 Å². The molecule has 0 fully saturated rings. The predicted octanol–water partition coefficient (Wildman–Crippen LogP) is 2.38. The van der Waals surface area contributed by atoms with E-state index in [0.29, 0.717) is 0 Å². The van der Waals surface area contributed by atoms with Crippen molar-refractivity contribution in [2.24, 2.45) is 5.73 Å². The first kappa shape index (κ1) is 13.5. The lowest BCUT2D eigenvalue weighted by Gasteiger charge is -2.11. The van der Waals surface area contributed by atoms with Crippen molar-refractivity contribution in [2.75, 3.05) is 0 Å². The Morgan fingerprint density at radius 1 is 1.43 bits per heavy atom. The molecule has 0 spiro atoms. The van der Waals surface area contributed by atoms with E-state index in [1.165, 1.54) is 12.3 Å². The number of alkyl halides is 3.